The molecular formula is C29H33N3O4. The maximum Gasteiger partial charge on any atom is 0.412 e. The Morgan fingerprint density at radius 1 is 0.917 bits per heavy atom. The van der Waals surface area contributed by atoms with Crippen molar-refractivity contribution in [2.24, 2.45) is 5.92 Å². The number of nitrogens with one attached hydrogen (secondary N) is 1. The van der Waals surface area contributed by atoms with E-state index in [0.717, 1.165) is 11.1 Å². The fourth-order valence-corrected chi connectivity index (χ4v) is 4.89. The molecule has 1 fully saturated rings. The molecule has 0 radical (unpaired) electrons. The maximum absolute atomic E-state index is 13.7. The van der Waals surface area contributed by atoms with Crippen molar-refractivity contribution in [3.05, 3.63) is 102 Å². The number of rotatable bonds is 9. The molecule has 0 aromatic heterocycles. The minimum atomic E-state index is -1.28. The first-order valence-electron chi connectivity index (χ1n) is 12.3. The summed E-state index contributed by atoms with van der Waals surface area (Å²) in [6.45, 7) is 4.45. The number of benzene rings is 3. The largest absolute Gasteiger partial charge is 0.465 e. The zero-order valence-electron chi connectivity index (χ0n) is 20.6. The SMILES string of the molecule is CC(C)C1N[C@@H]([C@@H](O)[C@H](Cc2ccccc2)N(C(=O)O)c2ccccc2)C(=O)N1Cc1ccccc1. The standard InChI is InChI=1S/C29H33N3O4/c1-20(2)27-30-25(28(34)31(27)19-22-14-8-4-9-15-22)26(33)24(18-21-12-6-3-7-13-21)32(29(35)36)23-16-10-5-11-17-23/h3-17,20,24-27,30,33H,18-19H2,1-2H3,(H,35,36)/t24-,25-,26-,27?/m0/s1. The Morgan fingerprint density at radius 2 is 1.44 bits per heavy atom. The van der Waals surface area contributed by atoms with Crippen LogP contribution in [0.2, 0.25) is 0 Å². The van der Waals surface area contributed by atoms with Crippen LogP contribution in [-0.4, -0.2) is 51.5 Å². The van der Waals surface area contributed by atoms with Crippen molar-refractivity contribution >= 4 is 17.7 Å². The van der Waals surface area contributed by atoms with E-state index < -0.39 is 24.3 Å². The number of carbonyl (C=O) groups excluding carboxylic acids is 1. The molecule has 4 rings (SSSR count). The number of carboxylic acid groups (broad SMARTS) is 1. The van der Waals surface area contributed by atoms with Gasteiger partial charge in [-0.3, -0.25) is 15.0 Å². The lowest BCUT2D eigenvalue weighted by atomic mass is 9.94. The van der Waals surface area contributed by atoms with Crippen molar-refractivity contribution in [1.82, 2.24) is 10.2 Å². The Balaban J connectivity index is 1.68. The smallest absolute Gasteiger partial charge is 0.412 e. The number of aliphatic hydroxyl groups is 1. The third kappa shape index (κ3) is 5.58. The van der Waals surface area contributed by atoms with Gasteiger partial charge in [-0.1, -0.05) is 92.7 Å². The van der Waals surface area contributed by atoms with E-state index in [9.17, 15) is 19.8 Å². The number of aliphatic hydroxyl groups excluding tert-OH is 1. The van der Waals surface area contributed by atoms with Crippen LogP contribution >= 0.6 is 0 Å². The predicted octanol–water partition coefficient (Wildman–Crippen LogP) is 4.13. The highest BCUT2D eigenvalue weighted by molar-refractivity contribution is 5.88. The van der Waals surface area contributed by atoms with E-state index in [0.29, 0.717) is 12.2 Å². The van der Waals surface area contributed by atoms with E-state index >= 15 is 0 Å². The van der Waals surface area contributed by atoms with Gasteiger partial charge in [0.1, 0.15) is 6.04 Å². The topological polar surface area (TPSA) is 93.1 Å². The predicted molar refractivity (Wildman–Crippen MR) is 139 cm³/mol. The molecule has 0 aliphatic carbocycles. The van der Waals surface area contributed by atoms with Crippen LogP contribution in [0.15, 0.2) is 91.0 Å². The van der Waals surface area contributed by atoms with E-state index in [1.807, 2.05) is 80.6 Å². The first-order chi connectivity index (χ1) is 17.4. The summed E-state index contributed by atoms with van der Waals surface area (Å²) in [5, 5.41) is 25.2. The van der Waals surface area contributed by atoms with Crippen LogP contribution in [0.3, 0.4) is 0 Å². The normalized spacial score (nSPS) is 19.3. The van der Waals surface area contributed by atoms with E-state index in [4.69, 9.17) is 0 Å². The second-order valence-corrected chi connectivity index (χ2v) is 9.52. The summed E-state index contributed by atoms with van der Waals surface area (Å²) in [5.74, 6) is -0.145. The molecule has 0 spiro atoms. The van der Waals surface area contributed by atoms with Crippen LogP contribution < -0.4 is 10.2 Å². The summed E-state index contributed by atoms with van der Waals surface area (Å²) in [6, 6.07) is 26.0. The van der Waals surface area contributed by atoms with Crippen LogP contribution in [0.1, 0.15) is 25.0 Å². The summed E-state index contributed by atoms with van der Waals surface area (Å²) in [5.41, 5.74) is 2.30. The van der Waals surface area contributed by atoms with Gasteiger partial charge in [-0.05, 0) is 35.6 Å². The third-order valence-electron chi connectivity index (χ3n) is 6.66. The zero-order valence-corrected chi connectivity index (χ0v) is 20.6. The molecule has 7 nitrogen and oxygen atoms in total. The third-order valence-corrected chi connectivity index (χ3v) is 6.66. The summed E-state index contributed by atoms with van der Waals surface area (Å²) in [6.07, 6.45) is -2.51. The van der Waals surface area contributed by atoms with Gasteiger partial charge in [0.2, 0.25) is 5.91 Å². The van der Waals surface area contributed by atoms with Crippen molar-refractivity contribution in [3.63, 3.8) is 0 Å². The number of hydrogen-bond acceptors (Lipinski definition) is 4. The molecule has 2 amide bonds. The molecule has 1 saturated heterocycles. The van der Waals surface area contributed by atoms with Gasteiger partial charge in [0.15, 0.2) is 0 Å². The van der Waals surface area contributed by atoms with Crippen molar-refractivity contribution in [1.29, 1.82) is 0 Å². The zero-order chi connectivity index (χ0) is 25.7. The molecule has 1 aliphatic heterocycles. The van der Waals surface area contributed by atoms with Gasteiger partial charge in [0.25, 0.3) is 0 Å². The van der Waals surface area contributed by atoms with Gasteiger partial charge >= 0.3 is 6.09 Å². The molecular weight excluding hydrogens is 454 g/mol. The second kappa shape index (κ2) is 11.4. The van der Waals surface area contributed by atoms with Crippen LogP contribution in [-0.2, 0) is 17.8 Å². The molecule has 1 aliphatic rings. The van der Waals surface area contributed by atoms with Gasteiger partial charge in [-0.15, -0.1) is 0 Å². The molecule has 36 heavy (non-hydrogen) atoms. The minimum Gasteiger partial charge on any atom is -0.465 e. The fraction of sp³-hybridized carbons (Fsp3) is 0.310. The quantitative estimate of drug-likeness (QED) is 0.422. The Labute approximate surface area is 212 Å². The molecule has 1 heterocycles. The van der Waals surface area contributed by atoms with Crippen molar-refractivity contribution in [2.45, 2.75) is 51.2 Å². The van der Waals surface area contributed by atoms with Crippen LogP contribution in [0.25, 0.3) is 0 Å². The van der Waals surface area contributed by atoms with Crippen LogP contribution in [0.4, 0.5) is 10.5 Å². The van der Waals surface area contributed by atoms with E-state index in [1.54, 1.807) is 29.2 Å². The number of para-hydroxylation sites is 1. The molecule has 188 valence electrons. The molecule has 3 aromatic rings. The van der Waals surface area contributed by atoms with E-state index in [1.165, 1.54) is 4.90 Å². The van der Waals surface area contributed by atoms with Crippen molar-refractivity contribution in [3.8, 4) is 0 Å². The van der Waals surface area contributed by atoms with Gasteiger partial charge in [0.05, 0.1) is 18.3 Å². The van der Waals surface area contributed by atoms with Gasteiger partial charge in [-0.2, -0.15) is 0 Å². The monoisotopic (exact) mass is 487 g/mol. The van der Waals surface area contributed by atoms with Gasteiger partial charge in [-0.25, -0.2) is 4.79 Å². The van der Waals surface area contributed by atoms with Crippen molar-refractivity contribution in [2.75, 3.05) is 4.90 Å². The number of carbonyl (C=O) groups is 2. The molecule has 0 bridgehead atoms. The van der Waals surface area contributed by atoms with Crippen LogP contribution in [0, 0.1) is 5.92 Å². The Hall–Kier alpha value is -3.68. The van der Waals surface area contributed by atoms with Crippen LogP contribution in [0.5, 0.6) is 0 Å². The first kappa shape index (κ1) is 25.4. The summed E-state index contributed by atoms with van der Waals surface area (Å²) < 4.78 is 0. The Kier molecular flexibility index (Phi) is 8.03. The number of anilines is 1. The molecule has 3 aromatic carbocycles. The average molecular weight is 488 g/mol. The molecule has 4 atom stereocenters. The van der Waals surface area contributed by atoms with Gasteiger partial charge in [0, 0.05) is 12.2 Å². The van der Waals surface area contributed by atoms with E-state index in [2.05, 4.69) is 5.32 Å². The molecule has 7 heteroatoms. The summed E-state index contributed by atoms with van der Waals surface area (Å²) in [7, 11) is 0. The Bertz CT molecular complexity index is 1140. The lowest BCUT2D eigenvalue weighted by Crippen LogP contribution is -2.56. The highest BCUT2D eigenvalue weighted by atomic mass is 16.4. The number of hydrogen-bond donors (Lipinski definition) is 3. The summed E-state index contributed by atoms with van der Waals surface area (Å²) in [4.78, 5) is 29.1. The molecule has 3 N–H and O–H groups in total. The maximum atomic E-state index is 13.7. The lowest BCUT2D eigenvalue weighted by molar-refractivity contribution is -0.133. The number of nitrogens with zero attached hydrogens (tertiary/aromatic N) is 2. The van der Waals surface area contributed by atoms with E-state index in [-0.39, 0.29) is 24.4 Å². The highest BCUT2D eigenvalue weighted by Crippen LogP contribution is 2.28. The van der Waals surface area contributed by atoms with Crippen molar-refractivity contribution < 1.29 is 19.8 Å². The lowest BCUT2D eigenvalue weighted by Gasteiger charge is -2.35. The fourth-order valence-electron chi connectivity index (χ4n) is 4.89. The second-order valence-electron chi connectivity index (χ2n) is 9.52. The molecule has 0 saturated carbocycles. The average Bonchev–Trinajstić information content (AvgIpc) is 3.21. The molecule has 1 unspecified atom stereocenters. The summed E-state index contributed by atoms with van der Waals surface area (Å²) >= 11 is 0. The van der Waals surface area contributed by atoms with Gasteiger partial charge < -0.3 is 15.1 Å². The minimum absolute atomic E-state index is 0.0899. The highest BCUT2D eigenvalue weighted by Gasteiger charge is 2.47. The first-order valence-corrected chi connectivity index (χ1v) is 12.3. The Morgan fingerprint density at radius 3 is 1.97 bits per heavy atom. The number of amides is 2.